The summed E-state index contributed by atoms with van der Waals surface area (Å²) >= 11 is 0. The molecule has 0 aliphatic carbocycles. The fraction of sp³-hybridized carbons (Fsp3) is 0.188. The van der Waals surface area contributed by atoms with Gasteiger partial charge >= 0.3 is 0 Å². The highest BCUT2D eigenvalue weighted by atomic mass is 32.2. The highest BCUT2D eigenvalue weighted by Crippen LogP contribution is 2.20. The van der Waals surface area contributed by atoms with Crippen LogP contribution in [0.1, 0.15) is 5.56 Å². The van der Waals surface area contributed by atoms with Gasteiger partial charge in [0.2, 0.25) is 10.0 Å². The number of sulfonamides is 1. The molecule has 0 atom stereocenters. The third kappa shape index (κ3) is 4.74. The minimum atomic E-state index is -3.67. The van der Waals surface area contributed by atoms with Gasteiger partial charge < -0.3 is 10.1 Å². The molecular weight excluding hydrogens is 354 g/mol. The van der Waals surface area contributed by atoms with Gasteiger partial charge in [0.15, 0.2) is 18.2 Å². The molecule has 0 heterocycles. The van der Waals surface area contributed by atoms with Crippen LogP contribution in [0.2, 0.25) is 0 Å². The van der Waals surface area contributed by atoms with E-state index in [0.29, 0.717) is 11.6 Å². The van der Waals surface area contributed by atoms with Crippen LogP contribution in [0, 0.1) is 18.6 Å². The van der Waals surface area contributed by atoms with E-state index in [1.807, 2.05) is 0 Å². The van der Waals surface area contributed by atoms with Crippen LogP contribution in [0.3, 0.4) is 0 Å². The van der Waals surface area contributed by atoms with E-state index in [1.54, 1.807) is 13.0 Å². The highest BCUT2D eigenvalue weighted by Gasteiger charge is 2.16. The van der Waals surface area contributed by atoms with Crippen molar-refractivity contribution in [1.29, 1.82) is 0 Å². The van der Waals surface area contributed by atoms with E-state index < -0.39 is 34.2 Å². The lowest BCUT2D eigenvalue weighted by atomic mass is 10.2. The Labute approximate surface area is 143 Å². The SMILES string of the molecule is CNS(=O)(=O)c1cc(NC(=O)COc2ccc(F)cc2F)ccc1C. The Morgan fingerprint density at radius 1 is 1.16 bits per heavy atom. The number of carbonyl (C=O) groups is 1. The number of hydrogen-bond donors (Lipinski definition) is 2. The topological polar surface area (TPSA) is 84.5 Å². The van der Waals surface area contributed by atoms with Crippen molar-refractivity contribution in [2.24, 2.45) is 0 Å². The predicted molar refractivity (Wildman–Crippen MR) is 87.9 cm³/mol. The minimum Gasteiger partial charge on any atom is -0.481 e. The zero-order chi connectivity index (χ0) is 18.6. The van der Waals surface area contributed by atoms with Crippen molar-refractivity contribution in [3.05, 3.63) is 53.6 Å². The monoisotopic (exact) mass is 370 g/mol. The molecule has 0 radical (unpaired) electrons. The predicted octanol–water partition coefficient (Wildman–Crippen LogP) is 2.20. The molecule has 2 N–H and O–H groups in total. The summed E-state index contributed by atoms with van der Waals surface area (Å²) < 4.78 is 57.2. The summed E-state index contributed by atoms with van der Waals surface area (Å²) in [6, 6.07) is 7.09. The smallest absolute Gasteiger partial charge is 0.262 e. The molecule has 2 aromatic carbocycles. The summed E-state index contributed by atoms with van der Waals surface area (Å²) in [5, 5.41) is 2.45. The Kier molecular flexibility index (Phi) is 5.70. The number of benzene rings is 2. The molecule has 0 aromatic heterocycles. The van der Waals surface area contributed by atoms with E-state index >= 15 is 0 Å². The largest absolute Gasteiger partial charge is 0.481 e. The maximum Gasteiger partial charge on any atom is 0.262 e. The second-order valence-corrected chi connectivity index (χ2v) is 6.95. The van der Waals surface area contributed by atoms with E-state index in [4.69, 9.17) is 4.74 Å². The number of anilines is 1. The van der Waals surface area contributed by atoms with E-state index in [9.17, 15) is 22.0 Å². The first-order valence-corrected chi connectivity index (χ1v) is 8.63. The molecule has 134 valence electrons. The van der Waals surface area contributed by atoms with Crippen LogP contribution in [-0.4, -0.2) is 28.0 Å². The van der Waals surface area contributed by atoms with E-state index in [1.165, 1.54) is 19.2 Å². The molecule has 0 unspecified atom stereocenters. The van der Waals surface area contributed by atoms with Crippen molar-refractivity contribution in [3.8, 4) is 5.75 Å². The Balaban J connectivity index is 2.07. The van der Waals surface area contributed by atoms with Crippen LogP contribution >= 0.6 is 0 Å². The molecular formula is C16H16F2N2O4S. The van der Waals surface area contributed by atoms with Crippen molar-refractivity contribution < 1.29 is 26.7 Å². The zero-order valence-corrected chi connectivity index (χ0v) is 14.3. The van der Waals surface area contributed by atoms with E-state index in [0.717, 1.165) is 12.1 Å². The average Bonchev–Trinajstić information content (AvgIpc) is 2.55. The fourth-order valence-electron chi connectivity index (χ4n) is 2.01. The summed E-state index contributed by atoms with van der Waals surface area (Å²) in [5.41, 5.74) is 0.754. The molecule has 0 fully saturated rings. The van der Waals surface area contributed by atoms with Gasteiger partial charge in [-0.1, -0.05) is 6.07 Å². The molecule has 0 aliphatic heterocycles. The number of halogens is 2. The number of carbonyl (C=O) groups excluding carboxylic acids is 1. The molecule has 2 aromatic rings. The van der Waals surface area contributed by atoms with Gasteiger partial charge in [0.05, 0.1) is 4.90 Å². The first-order valence-electron chi connectivity index (χ1n) is 7.15. The van der Waals surface area contributed by atoms with Crippen LogP contribution in [0.4, 0.5) is 14.5 Å². The Bertz CT molecular complexity index is 901. The quantitative estimate of drug-likeness (QED) is 0.816. The van der Waals surface area contributed by atoms with Gasteiger partial charge in [0, 0.05) is 11.8 Å². The first-order chi connectivity index (χ1) is 11.7. The molecule has 2 rings (SSSR count). The number of rotatable bonds is 6. The van der Waals surface area contributed by atoms with Crippen LogP contribution in [0.5, 0.6) is 5.75 Å². The standard InChI is InChI=1S/C16H16F2N2O4S/c1-10-3-5-12(8-15(10)25(22,23)19-2)20-16(21)9-24-14-6-4-11(17)7-13(14)18/h3-8,19H,9H2,1-2H3,(H,20,21). The van der Waals surface area contributed by atoms with E-state index in [-0.39, 0.29) is 16.3 Å². The van der Waals surface area contributed by atoms with Crippen molar-refractivity contribution in [3.63, 3.8) is 0 Å². The lowest BCUT2D eigenvalue weighted by Gasteiger charge is -2.11. The fourth-order valence-corrected chi connectivity index (χ4v) is 3.00. The molecule has 25 heavy (non-hydrogen) atoms. The average molecular weight is 370 g/mol. The van der Waals surface area contributed by atoms with Crippen molar-refractivity contribution in [1.82, 2.24) is 4.72 Å². The maximum absolute atomic E-state index is 13.4. The zero-order valence-electron chi connectivity index (χ0n) is 13.5. The van der Waals surface area contributed by atoms with Crippen LogP contribution < -0.4 is 14.8 Å². The molecule has 6 nitrogen and oxygen atoms in total. The van der Waals surface area contributed by atoms with Gasteiger partial charge in [-0.15, -0.1) is 0 Å². The van der Waals surface area contributed by atoms with Crippen LogP contribution in [0.25, 0.3) is 0 Å². The second kappa shape index (κ2) is 7.58. The van der Waals surface area contributed by atoms with Crippen molar-refractivity contribution in [2.45, 2.75) is 11.8 Å². The van der Waals surface area contributed by atoms with Gasteiger partial charge in [0.1, 0.15) is 5.82 Å². The third-order valence-corrected chi connectivity index (χ3v) is 4.84. The van der Waals surface area contributed by atoms with Crippen LogP contribution in [0.15, 0.2) is 41.3 Å². The van der Waals surface area contributed by atoms with Gasteiger partial charge in [-0.2, -0.15) is 0 Å². The normalized spacial score (nSPS) is 11.2. The number of hydrogen-bond acceptors (Lipinski definition) is 4. The number of amides is 1. The van der Waals surface area contributed by atoms with Gasteiger partial charge in [-0.3, -0.25) is 4.79 Å². The molecule has 0 spiro atoms. The second-order valence-electron chi connectivity index (χ2n) is 5.10. The Morgan fingerprint density at radius 2 is 1.88 bits per heavy atom. The van der Waals surface area contributed by atoms with E-state index in [2.05, 4.69) is 10.0 Å². The van der Waals surface area contributed by atoms with Crippen molar-refractivity contribution >= 4 is 21.6 Å². The molecule has 0 bridgehead atoms. The highest BCUT2D eigenvalue weighted by molar-refractivity contribution is 7.89. The summed E-state index contributed by atoms with van der Waals surface area (Å²) in [7, 11) is -2.39. The maximum atomic E-state index is 13.4. The lowest BCUT2D eigenvalue weighted by Crippen LogP contribution is -2.22. The van der Waals surface area contributed by atoms with Gasteiger partial charge in [0.25, 0.3) is 5.91 Å². The summed E-state index contributed by atoms with van der Waals surface area (Å²) in [4.78, 5) is 11.9. The summed E-state index contributed by atoms with van der Waals surface area (Å²) in [6.07, 6.45) is 0. The minimum absolute atomic E-state index is 0.0262. The lowest BCUT2D eigenvalue weighted by molar-refractivity contribution is -0.118. The van der Waals surface area contributed by atoms with Gasteiger partial charge in [-0.05, 0) is 43.8 Å². The summed E-state index contributed by atoms with van der Waals surface area (Å²) in [6.45, 7) is 1.10. The molecule has 9 heteroatoms. The third-order valence-electron chi connectivity index (χ3n) is 3.28. The molecule has 0 saturated carbocycles. The van der Waals surface area contributed by atoms with Gasteiger partial charge in [-0.25, -0.2) is 21.9 Å². The molecule has 0 aliphatic rings. The number of aryl methyl sites for hydroxylation is 1. The van der Waals surface area contributed by atoms with Crippen LogP contribution in [-0.2, 0) is 14.8 Å². The molecule has 1 amide bonds. The first kappa shape index (κ1) is 18.8. The number of nitrogens with one attached hydrogen (secondary N) is 2. The molecule has 0 saturated heterocycles. The number of ether oxygens (including phenoxy) is 1. The van der Waals surface area contributed by atoms with Crippen molar-refractivity contribution in [2.75, 3.05) is 19.0 Å². The Morgan fingerprint density at radius 3 is 2.52 bits per heavy atom. The summed E-state index contributed by atoms with van der Waals surface area (Å²) in [5.74, 6) is -2.57. The Hall–Kier alpha value is -2.52.